The highest BCUT2D eigenvalue weighted by Crippen LogP contribution is 2.21. The molecule has 0 radical (unpaired) electrons. The van der Waals surface area contributed by atoms with Gasteiger partial charge in [0.25, 0.3) is 0 Å². The van der Waals surface area contributed by atoms with Gasteiger partial charge in [-0.3, -0.25) is 4.79 Å². The normalized spacial score (nSPS) is 24.4. The molecule has 1 saturated heterocycles. The molecule has 0 bridgehead atoms. The van der Waals surface area contributed by atoms with Gasteiger partial charge in [0.15, 0.2) is 0 Å². The summed E-state index contributed by atoms with van der Waals surface area (Å²) in [5, 5.41) is 6.20. The molecule has 2 N–H and O–H groups in total. The molecule has 1 fully saturated rings. The summed E-state index contributed by atoms with van der Waals surface area (Å²) >= 11 is 2.25. The van der Waals surface area contributed by atoms with Crippen LogP contribution in [-0.4, -0.2) is 18.0 Å². The molecule has 0 saturated carbocycles. The van der Waals surface area contributed by atoms with Crippen LogP contribution >= 0.6 is 22.6 Å². The van der Waals surface area contributed by atoms with Crippen LogP contribution in [0.5, 0.6) is 0 Å². The molecule has 0 aromatic heterocycles. The molecule has 2 rings (SSSR count). The quantitative estimate of drug-likeness (QED) is 0.818. The van der Waals surface area contributed by atoms with E-state index < -0.39 is 5.54 Å². The fourth-order valence-electron chi connectivity index (χ4n) is 1.89. The van der Waals surface area contributed by atoms with Crippen LogP contribution < -0.4 is 10.6 Å². The van der Waals surface area contributed by atoms with E-state index in [-0.39, 0.29) is 5.91 Å². The van der Waals surface area contributed by atoms with Crippen LogP contribution in [0.25, 0.3) is 0 Å². The average molecular weight is 330 g/mol. The lowest BCUT2D eigenvalue weighted by Gasteiger charge is -2.23. The van der Waals surface area contributed by atoms with Gasteiger partial charge in [0.2, 0.25) is 5.91 Å². The van der Waals surface area contributed by atoms with Gasteiger partial charge in [-0.15, -0.1) is 0 Å². The maximum atomic E-state index is 12.0. The highest BCUT2D eigenvalue weighted by Gasteiger charge is 2.35. The number of rotatable bonds is 2. The van der Waals surface area contributed by atoms with E-state index in [1.165, 1.54) is 3.57 Å². The Kier molecular flexibility index (Phi) is 3.49. The molecule has 1 aromatic rings. The van der Waals surface area contributed by atoms with E-state index in [1.54, 1.807) is 0 Å². The molecule has 86 valence electrons. The number of carbonyl (C=O) groups excluding carboxylic acids is 1. The van der Waals surface area contributed by atoms with Gasteiger partial charge < -0.3 is 10.6 Å². The fourth-order valence-corrected chi connectivity index (χ4v) is 2.25. The van der Waals surface area contributed by atoms with Crippen LogP contribution in [0.3, 0.4) is 0 Å². The van der Waals surface area contributed by atoms with Crippen molar-refractivity contribution in [2.75, 3.05) is 11.9 Å². The van der Waals surface area contributed by atoms with Crippen LogP contribution in [-0.2, 0) is 4.79 Å². The second-order valence-electron chi connectivity index (χ2n) is 4.32. The Hall–Kier alpha value is -0.620. The SMILES string of the molecule is CC1(C(=O)Nc2ccc(I)cc2)CCCN1. The molecular weight excluding hydrogens is 315 g/mol. The molecule has 1 unspecified atom stereocenters. The Morgan fingerprint density at radius 1 is 1.44 bits per heavy atom. The number of amides is 1. The minimum Gasteiger partial charge on any atom is -0.324 e. The van der Waals surface area contributed by atoms with Crippen LogP contribution in [0.15, 0.2) is 24.3 Å². The molecular formula is C12H15IN2O. The Bertz CT molecular complexity index is 383. The lowest BCUT2D eigenvalue weighted by Crippen LogP contribution is -2.47. The molecule has 0 aliphatic carbocycles. The third kappa shape index (κ3) is 2.55. The van der Waals surface area contributed by atoms with Gasteiger partial charge in [0.05, 0.1) is 5.54 Å². The number of nitrogens with one attached hydrogen (secondary N) is 2. The number of hydrogen-bond donors (Lipinski definition) is 2. The average Bonchev–Trinajstić information content (AvgIpc) is 2.70. The third-order valence-corrected chi connectivity index (χ3v) is 3.69. The predicted octanol–water partition coefficient (Wildman–Crippen LogP) is 2.37. The largest absolute Gasteiger partial charge is 0.324 e. The summed E-state index contributed by atoms with van der Waals surface area (Å²) in [5.41, 5.74) is 0.462. The minimum atomic E-state index is -0.400. The molecule has 16 heavy (non-hydrogen) atoms. The lowest BCUT2D eigenvalue weighted by molar-refractivity contribution is -0.121. The first-order valence-electron chi connectivity index (χ1n) is 5.42. The van der Waals surface area contributed by atoms with Crippen molar-refractivity contribution < 1.29 is 4.79 Å². The first-order valence-corrected chi connectivity index (χ1v) is 6.50. The van der Waals surface area contributed by atoms with Crippen LogP contribution in [0.1, 0.15) is 19.8 Å². The minimum absolute atomic E-state index is 0.0613. The van der Waals surface area contributed by atoms with Crippen molar-refractivity contribution in [3.05, 3.63) is 27.8 Å². The van der Waals surface area contributed by atoms with Crippen molar-refractivity contribution in [2.45, 2.75) is 25.3 Å². The molecule has 1 aliphatic heterocycles. The second kappa shape index (κ2) is 4.71. The summed E-state index contributed by atoms with van der Waals surface area (Å²) < 4.78 is 1.17. The summed E-state index contributed by atoms with van der Waals surface area (Å²) in [6.45, 7) is 2.89. The van der Waals surface area contributed by atoms with E-state index in [4.69, 9.17) is 0 Å². The summed E-state index contributed by atoms with van der Waals surface area (Å²) in [7, 11) is 0. The summed E-state index contributed by atoms with van der Waals surface area (Å²) in [6.07, 6.45) is 1.97. The lowest BCUT2D eigenvalue weighted by atomic mass is 9.99. The molecule has 4 heteroatoms. The Morgan fingerprint density at radius 3 is 2.69 bits per heavy atom. The zero-order valence-corrected chi connectivity index (χ0v) is 11.4. The van der Waals surface area contributed by atoms with Gasteiger partial charge >= 0.3 is 0 Å². The fraction of sp³-hybridized carbons (Fsp3) is 0.417. The van der Waals surface area contributed by atoms with Crippen LogP contribution in [0.4, 0.5) is 5.69 Å². The highest BCUT2D eigenvalue weighted by atomic mass is 127. The third-order valence-electron chi connectivity index (χ3n) is 2.97. The Labute approximate surface area is 109 Å². The smallest absolute Gasteiger partial charge is 0.244 e. The van der Waals surface area contributed by atoms with E-state index in [0.29, 0.717) is 0 Å². The number of carbonyl (C=O) groups is 1. The highest BCUT2D eigenvalue weighted by molar-refractivity contribution is 14.1. The van der Waals surface area contributed by atoms with Gasteiger partial charge in [-0.05, 0) is 73.2 Å². The molecule has 1 atom stereocenters. The van der Waals surface area contributed by atoms with Crippen molar-refractivity contribution in [3.8, 4) is 0 Å². The first kappa shape index (κ1) is 11.9. The Morgan fingerprint density at radius 2 is 2.12 bits per heavy atom. The van der Waals surface area contributed by atoms with Crippen molar-refractivity contribution in [2.24, 2.45) is 0 Å². The van der Waals surface area contributed by atoms with Gasteiger partial charge in [0.1, 0.15) is 0 Å². The van der Waals surface area contributed by atoms with Crippen molar-refractivity contribution in [3.63, 3.8) is 0 Å². The van der Waals surface area contributed by atoms with Gasteiger partial charge in [0, 0.05) is 9.26 Å². The topological polar surface area (TPSA) is 41.1 Å². The Balaban J connectivity index is 2.04. The maximum Gasteiger partial charge on any atom is 0.244 e. The second-order valence-corrected chi connectivity index (χ2v) is 5.57. The number of hydrogen-bond acceptors (Lipinski definition) is 2. The van der Waals surface area contributed by atoms with E-state index in [9.17, 15) is 4.79 Å². The van der Waals surface area contributed by atoms with E-state index in [1.807, 2.05) is 31.2 Å². The number of benzene rings is 1. The molecule has 1 aromatic carbocycles. The molecule has 1 heterocycles. The first-order chi connectivity index (χ1) is 7.60. The molecule has 1 amide bonds. The zero-order chi connectivity index (χ0) is 11.6. The molecule has 0 spiro atoms. The monoisotopic (exact) mass is 330 g/mol. The van der Waals surface area contributed by atoms with Crippen molar-refractivity contribution in [1.29, 1.82) is 0 Å². The summed E-state index contributed by atoms with van der Waals surface area (Å²) in [5.74, 6) is 0.0613. The van der Waals surface area contributed by atoms with E-state index >= 15 is 0 Å². The van der Waals surface area contributed by atoms with Crippen molar-refractivity contribution in [1.82, 2.24) is 5.32 Å². The van der Waals surface area contributed by atoms with Gasteiger partial charge in [-0.25, -0.2) is 0 Å². The molecule has 1 aliphatic rings. The van der Waals surface area contributed by atoms with Gasteiger partial charge in [-0.1, -0.05) is 0 Å². The van der Waals surface area contributed by atoms with E-state index in [2.05, 4.69) is 33.2 Å². The zero-order valence-electron chi connectivity index (χ0n) is 9.22. The van der Waals surface area contributed by atoms with E-state index in [0.717, 1.165) is 25.1 Å². The number of anilines is 1. The van der Waals surface area contributed by atoms with Gasteiger partial charge in [-0.2, -0.15) is 0 Å². The number of halogens is 1. The molecule has 3 nitrogen and oxygen atoms in total. The van der Waals surface area contributed by atoms with Crippen LogP contribution in [0.2, 0.25) is 0 Å². The summed E-state index contributed by atoms with van der Waals surface area (Å²) in [6, 6.07) is 7.83. The maximum absolute atomic E-state index is 12.0. The van der Waals surface area contributed by atoms with Crippen molar-refractivity contribution >= 4 is 34.2 Å². The standard InChI is InChI=1S/C12H15IN2O/c1-12(7-2-8-14-12)11(16)15-10-5-3-9(13)4-6-10/h3-6,14H,2,7-8H2,1H3,(H,15,16). The summed E-state index contributed by atoms with van der Waals surface area (Å²) in [4.78, 5) is 12.0. The predicted molar refractivity (Wildman–Crippen MR) is 73.4 cm³/mol. The van der Waals surface area contributed by atoms with Crippen LogP contribution in [0, 0.1) is 3.57 Å².